The minimum Gasteiger partial charge on any atom is -0.379 e. The van der Waals surface area contributed by atoms with E-state index < -0.39 is 0 Å². The van der Waals surface area contributed by atoms with Crippen LogP contribution in [0.25, 0.3) is 0 Å². The highest BCUT2D eigenvalue weighted by Crippen LogP contribution is 2.01. The lowest BCUT2D eigenvalue weighted by Gasteiger charge is -2.26. The number of nitrogens with two attached hydrogens (primary N) is 1. The molecule has 3 N–H and O–H groups in total. The molecule has 4 heteroatoms. The van der Waals surface area contributed by atoms with Gasteiger partial charge in [-0.25, -0.2) is 0 Å². The first-order valence-corrected chi connectivity index (χ1v) is 5.88. The average molecular weight is 215 g/mol. The van der Waals surface area contributed by atoms with Gasteiger partial charge in [0.05, 0.1) is 13.2 Å². The van der Waals surface area contributed by atoms with E-state index in [1.807, 2.05) is 0 Å². The fraction of sp³-hybridized carbons (Fsp3) is 1.00. The molecule has 0 radical (unpaired) electrons. The molecule has 0 bridgehead atoms. The van der Waals surface area contributed by atoms with Gasteiger partial charge in [-0.3, -0.25) is 4.90 Å². The zero-order valence-electron chi connectivity index (χ0n) is 10.1. The quantitative estimate of drug-likeness (QED) is 0.614. The molecule has 0 unspecified atom stereocenters. The first-order valence-electron chi connectivity index (χ1n) is 5.88. The van der Waals surface area contributed by atoms with Gasteiger partial charge in [0.15, 0.2) is 0 Å². The van der Waals surface area contributed by atoms with Crippen LogP contribution in [-0.4, -0.2) is 56.4 Å². The summed E-state index contributed by atoms with van der Waals surface area (Å²) in [5.41, 5.74) is 5.84. The van der Waals surface area contributed by atoms with E-state index in [2.05, 4.69) is 24.1 Å². The van der Waals surface area contributed by atoms with E-state index >= 15 is 0 Å². The van der Waals surface area contributed by atoms with Gasteiger partial charge in [-0.2, -0.15) is 0 Å². The topological polar surface area (TPSA) is 50.5 Å². The van der Waals surface area contributed by atoms with Crippen LogP contribution in [0.3, 0.4) is 0 Å². The molecule has 0 saturated carbocycles. The fourth-order valence-electron chi connectivity index (χ4n) is 1.60. The van der Waals surface area contributed by atoms with E-state index in [4.69, 9.17) is 10.5 Å². The Morgan fingerprint density at radius 2 is 1.93 bits per heavy atom. The maximum absolute atomic E-state index is 5.89. The number of nitrogens with zero attached hydrogens (tertiary/aromatic N) is 1. The number of rotatable bonds is 6. The fourth-order valence-corrected chi connectivity index (χ4v) is 1.60. The highest BCUT2D eigenvalue weighted by molar-refractivity contribution is 4.72. The van der Waals surface area contributed by atoms with Crippen LogP contribution >= 0.6 is 0 Å². The summed E-state index contributed by atoms with van der Waals surface area (Å²) in [4.78, 5) is 2.43. The molecule has 0 aromatic heterocycles. The second-order valence-electron chi connectivity index (χ2n) is 4.94. The third kappa shape index (κ3) is 6.84. The third-order valence-electron chi connectivity index (χ3n) is 2.65. The van der Waals surface area contributed by atoms with Crippen LogP contribution < -0.4 is 11.1 Å². The van der Waals surface area contributed by atoms with Crippen molar-refractivity contribution in [3.63, 3.8) is 0 Å². The minimum atomic E-state index is -0.0496. The molecule has 1 rings (SSSR count). The van der Waals surface area contributed by atoms with Crippen molar-refractivity contribution in [3.05, 3.63) is 0 Å². The highest BCUT2D eigenvalue weighted by Gasteiger charge is 2.11. The maximum Gasteiger partial charge on any atom is 0.0594 e. The lowest BCUT2D eigenvalue weighted by molar-refractivity contribution is 0.0384. The molecule has 90 valence electrons. The Morgan fingerprint density at radius 1 is 1.27 bits per heavy atom. The van der Waals surface area contributed by atoms with Gasteiger partial charge in [0, 0.05) is 31.7 Å². The first-order chi connectivity index (χ1) is 7.08. The summed E-state index contributed by atoms with van der Waals surface area (Å²) >= 11 is 0. The van der Waals surface area contributed by atoms with Crippen LogP contribution in [0.2, 0.25) is 0 Å². The van der Waals surface area contributed by atoms with Gasteiger partial charge in [-0.05, 0) is 26.8 Å². The van der Waals surface area contributed by atoms with Crippen LogP contribution in [0.5, 0.6) is 0 Å². The standard InChI is InChI=1S/C11H25N3O/c1-11(2,12)3-4-13-5-6-14-7-9-15-10-8-14/h13H,3-10,12H2,1-2H3. The van der Waals surface area contributed by atoms with Gasteiger partial charge < -0.3 is 15.8 Å². The van der Waals surface area contributed by atoms with Crippen molar-refractivity contribution in [2.24, 2.45) is 5.73 Å². The van der Waals surface area contributed by atoms with Gasteiger partial charge in [0.1, 0.15) is 0 Å². The summed E-state index contributed by atoms with van der Waals surface area (Å²) in [6.07, 6.45) is 1.02. The Hall–Kier alpha value is -0.160. The number of hydrogen-bond acceptors (Lipinski definition) is 4. The molecule has 15 heavy (non-hydrogen) atoms. The van der Waals surface area contributed by atoms with Crippen LogP contribution in [0.15, 0.2) is 0 Å². The smallest absolute Gasteiger partial charge is 0.0594 e. The van der Waals surface area contributed by atoms with Gasteiger partial charge in [0.25, 0.3) is 0 Å². The van der Waals surface area contributed by atoms with Crippen LogP contribution in [0, 0.1) is 0 Å². The van der Waals surface area contributed by atoms with Crippen molar-refractivity contribution >= 4 is 0 Å². The molecule has 1 saturated heterocycles. The Balaban J connectivity index is 1.92. The maximum atomic E-state index is 5.89. The molecule has 4 nitrogen and oxygen atoms in total. The van der Waals surface area contributed by atoms with Crippen LogP contribution in [0.4, 0.5) is 0 Å². The van der Waals surface area contributed by atoms with Gasteiger partial charge in [-0.15, -0.1) is 0 Å². The van der Waals surface area contributed by atoms with E-state index in [0.29, 0.717) is 0 Å². The van der Waals surface area contributed by atoms with E-state index in [1.54, 1.807) is 0 Å². The van der Waals surface area contributed by atoms with Crippen molar-refractivity contribution in [1.82, 2.24) is 10.2 Å². The lowest BCUT2D eigenvalue weighted by Crippen LogP contribution is -2.41. The van der Waals surface area contributed by atoms with Crippen molar-refractivity contribution in [2.45, 2.75) is 25.8 Å². The number of nitrogens with one attached hydrogen (secondary N) is 1. The molecule has 0 aliphatic carbocycles. The van der Waals surface area contributed by atoms with Gasteiger partial charge in [0.2, 0.25) is 0 Å². The van der Waals surface area contributed by atoms with E-state index in [0.717, 1.165) is 52.4 Å². The lowest BCUT2D eigenvalue weighted by atomic mass is 10.0. The molecule has 0 spiro atoms. The summed E-state index contributed by atoms with van der Waals surface area (Å²) in [5, 5.41) is 3.43. The normalized spacial score (nSPS) is 19.4. The van der Waals surface area contributed by atoms with Gasteiger partial charge >= 0.3 is 0 Å². The van der Waals surface area contributed by atoms with Crippen molar-refractivity contribution in [3.8, 4) is 0 Å². The minimum absolute atomic E-state index is 0.0496. The second kappa shape index (κ2) is 6.43. The molecule has 0 aromatic rings. The van der Waals surface area contributed by atoms with Crippen molar-refractivity contribution < 1.29 is 4.74 Å². The second-order valence-corrected chi connectivity index (χ2v) is 4.94. The summed E-state index contributed by atoms with van der Waals surface area (Å²) in [6.45, 7) is 11.2. The molecular weight excluding hydrogens is 190 g/mol. The molecular formula is C11H25N3O. The zero-order valence-corrected chi connectivity index (χ0v) is 10.1. The zero-order chi connectivity index (χ0) is 11.1. The summed E-state index contributed by atoms with van der Waals surface area (Å²) in [7, 11) is 0. The summed E-state index contributed by atoms with van der Waals surface area (Å²) in [5.74, 6) is 0. The van der Waals surface area contributed by atoms with E-state index in [9.17, 15) is 0 Å². The third-order valence-corrected chi connectivity index (χ3v) is 2.65. The Morgan fingerprint density at radius 3 is 2.53 bits per heavy atom. The van der Waals surface area contributed by atoms with E-state index in [1.165, 1.54) is 0 Å². The summed E-state index contributed by atoms with van der Waals surface area (Å²) < 4.78 is 5.29. The van der Waals surface area contributed by atoms with Gasteiger partial charge in [-0.1, -0.05) is 0 Å². The predicted molar refractivity (Wildman–Crippen MR) is 63.0 cm³/mol. The molecule has 0 atom stereocenters. The average Bonchev–Trinajstić information content (AvgIpc) is 2.17. The van der Waals surface area contributed by atoms with Crippen LogP contribution in [-0.2, 0) is 4.74 Å². The van der Waals surface area contributed by atoms with E-state index in [-0.39, 0.29) is 5.54 Å². The predicted octanol–water partition coefficient (Wildman–Crippen LogP) is 0.0356. The Labute approximate surface area is 93.1 Å². The molecule has 1 heterocycles. The summed E-state index contributed by atoms with van der Waals surface area (Å²) in [6, 6.07) is 0. The molecule has 1 fully saturated rings. The number of morpholine rings is 1. The van der Waals surface area contributed by atoms with Crippen molar-refractivity contribution in [2.75, 3.05) is 45.9 Å². The number of hydrogen-bond donors (Lipinski definition) is 2. The number of ether oxygens (including phenoxy) is 1. The monoisotopic (exact) mass is 215 g/mol. The largest absolute Gasteiger partial charge is 0.379 e. The highest BCUT2D eigenvalue weighted by atomic mass is 16.5. The molecule has 1 aliphatic heterocycles. The van der Waals surface area contributed by atoms with Crippen LogP contribution in [0.1, 0.15) is 20.3 Å². The molecule has 0 aromatic carbocycles. The Kier molecular flexibility index (Phi) is 5.53. The molecule has 0 amide bonds. The SMILES string of the molecule is CC(C)(N)CCNCCN1CCOCC1. The Bertz CT molecular complexity index is 162. The first kappa shape index (κ1) is 12.9. The molecule has 1 aliphatic rings. The van der Waals surface area contributed by atoms with Crippen molar-refractivity contribution in [1.29, 1.82) is 0 Å².